The molecule has 2 aromatic heterocycles. The molecule has 0 radical (unpaired) electrons. The van der Waals surface area contributed by atoms with Crippen LogP contribution in [0.25, 0.3) is 34.0 Å². The summed E-state index contributed by atoms with van der Waals surface area (Å²) in [6, 6.07) is 30.7. The van der Waals surface area contributed by atoms with Gasteiger partial charge in [-0.1, -0.05) is 103 Å². The van der Waals surface area contributed by atoms with Crippen LogP contribution in [0.3, 0.4) is 0 Å². The number of nitrogens with zero attached hydrogens (tertiary/aromatic N) is 5. The highest BCUT2D eigenvalue weighted by molar-refractivity contribution is 6.13. The van der Waals surface area contributed by atoms with E-state index in [1.807, 2.05) is 42.5 Å². The van der Waals surface area contributed by atoms with Gasteiger partial charge in [0.25, 0.3) is 0 Å². The summed E-state index contributed by atoms with van der Waals surface area (Å²) in [5.74, 6) is 1.35. The molecule has 1 atom stereocenters. The third kappa shape index (κ3) is 8.67. The SMILES string of the molecule is C=C(/C=C(\C=C(/C)c1ccccc1)C1N=C(c2cccc(-c3ncccn3)c2)C=C(c2cccc(-c3ncccn3)c2)N1)CCC/C=C\C. The van der Waals surface area contributed by atoms with Gasteiger partial charge in [0, 0.05) is 47.2 Å². The maximum absolute atomic E-state index is 5.35. The van der Waals surface area contributed by atoms with Crippen LogP contribution < -0.4 is 5.32 Å². The molecule has 0 aliphatic carbocycles. The third-order valence-electron chi connectivity index (χ3n) is 8.22. The molecule has 0 amide bonds. The quantitative estimate of drug-likeness (QED) is 0.0835. The summed E-state index contributed by atoms with van der Waals surface area (Å²) in [6.45, 7) is 8.67. The summed E-state index contributed by atoms with van der Waals surface area (Å²) in [5.41, 5.74) is 10.1. The summed E-state index contributed by atoms with van der Waals surface area (Å²) >= 11 is 0. The number of hydrogen-bond donors (Lipinski definition) is 1. The van der Waals surface area contributed by atoms with Crippen LogP contribution in [0.1, 0.15) is 49.8 Å². The first-order valence-electron chi connectivity index (χ1n) is 16.6. The Kier molecular flexibility index (Phi) is 10.9. The lowest BCUT2D eigenvalue weighted by atomic mass is 9.97. The average molecular weight is 641 g/mol. The Morgan fingerprint density at radius 3 is 2.00 bits per heavy atom. The van der Waals surface area contributed by atoms with Gasteiger partial charge in [-0.25, -0.2) is 19.9 Å². The second-order valence-electron chi connectivity index (χ2n) is 11.9. The molecule has 1 aliphatic heterocycles. The van der Waals surface area contributed by atoms with Gasteiger partial charge in [-0.2, -0.15) is 0 Å². The van der Waals surface area contributed by atoms with Gasteiger partial charge in [0.15, 0.2) is 11.6 Å². The Morgan fingerprint density at radius 2 is 1.35 bits per heavy atom. The van der Waals surface area contributed by atoms with Gasteiger partial charge in [-0.15, -0.1) is 0 Å². The van der Waals surface area contributed by atoms with Crippen molar-refractivity contribution in [3.63, 3.8) is 0 Å². The van der Waals surface area contributed by atoms with Crippen molar-refractivity contribution in [3.05, 3.63) is 181 Å². The maximum atomic E-state index is 5.35. The van der Waals surface area contributed by atoms with Gasteiger partial charge in [-0.05, 0) is 85.7 Å². The number of aromatic nitrogens is 4. The fraction of sp³-hybridized carbons (Fsp3) is 0.140. The van der Waals surface area contributed by atoms with Crippen molar-refractivity contribution in [2.45, 2.75) is 39.3 Å². The zero-order valence-corrected chi connectivity index (χ0v) is 28.0. The second kappa shape index (κ2) is 16.2. The van der Waals surface area contributed by atoms with Gasteiger partial charge >= 0.3 is 0 Å². The average Bonchev–Trinajstić information content (AvgIpc) is 3.17. The van der Waals surface area contributed by atoms with Crippen LogP contribution in [0.4, 0.5) is 0 Å². The van der Waals surface area contributed by atoms with E-state index in [9.17, 15) is 0 Å². The number of hydrogen-bond acceptors (Lipinski definition) is 6. The number of allylic oxidation sites excluding steroid dienone is 6. The molecule has 0 saturated heterocycles. The van der Waals surface area contributed by atoms with Crippen LogP contribution in [0.15, 0.2) is 169 Å². The minimum atomic E-state index is -0.380. The van der Waals surface area contributed by atoms with Gasteiger partial charge in [-0.3, -0.25) is 4.99 Å². The third-order valence-corrected chi connectivity index (χ3v) is 8.22. The monoisotopic (exact) mass is 640 g/mol. The van der Waals surface area contributed by atoms with E-state index in [0.29, 0.717) is 11.6 Å². The van der Waals surface area contributed by atoms with Crippen LogP contribution >= 0.6 is 0 Å². The Balaban J connectivity index is 1.45. The molecule has 1 aliphatic rings. The number of aliphatic imine (C=N–C) groups is 1. The Morgan fingerprint density at radius 1 is 0.735 bits per heavy atom. The number of benzene rings is 3. The molecule has 1 unspecified atom stereocenters. The number of rotatable bonds is 12. The Labute approximate surface area is 289 Å². The van der Waals surface area contributed by atoms with E-state index in [0.717, 1.165) is 75.2 Å². The standard InChI is InChI=1S/C43H40N6/c1-4-5-6-8-15-31(2)26-38(27-32(3)33-16-9-7-10-17-33)43-48-39(34-18-11-20-36(28-34)41-44-22-13-23-45-41)30-40(49-43)35-19-12-21-37(29-35)42-46-24-14-25-47-42/h4-5,7,9-14,16-30,43,48H,2,6,8,15H2,1,3H3/b5-4-,32-27+,38-26+. The predicted molar refractivity (Wildman–Crippen MR) is 202 cm³/mol. The van der Waals surface area contributed by atoms with Crippen LogP contribution in [0.5, 0.6) is 0 Å². The van der Waals surface area contributed by atoms with Crippen molar-refractivity contribution >= 4 is 17.0 Å². The Hall–Kier alpha value is -6.01. The molecule has 0 fully saturated rings. The van der Waals surface area contributed by atoms with Crippen molar-refractivity contribution in [2.24, 2.45) is 4.99 Å². The fourth-order valence-corrected chi connectivity index (χ4v) is 5.71. The lowest BCUT2D eigenvalue weighted by Crippen LogP contribution is -2.32. The van der Waals surface area contributed by atoms with Gasteiger partial charge in [0.1, 0.15) is 6.17 Å². The largest absolute Gasteiger partial charge is 0.360 e. The smallest absolute Gasteiger partial charge is 0.159 e. The Bertz CT molecular complexity index is 2040. The van der Waals surface area contributed by atoms with Crippen molar-refractivity contribution in [3.8, 4) is 22.8 Å². The highest BCUT2D eigenvalue weighted by Gasteiger charge is 2.22. The zero-order valence-electron chi connectivity index (χ0n) is 28.0. The highest BCUT2D eigenvalue weighted by atomic mass is 15.1. The maximum Gasteiger partial charge on any atom is 0.159 e. The van der Waals surface area contributed by atoms with E-state index in [2.05, 4.69) is 125 Å². The van der Waals surface area contributed by atoms with Crippen molar-refractivity contribution in [1.29, 1.82) is 0 Å². The van der Waals surface area contributed by atoms with Crippen molar-refractivity contribution < 1.29 is 0 Å². The summed E-state index contributed by atoms with van der Waals surface area (Å²) in [5, 5.41) is 3.78. The van der Waals surface area contributed by atoms with E-state index in [4.69, 9.17) is 4.99 Å². The first kappa shape index (κ1) is 32.9. The molecule has 3 aromatic carbocycles. The molecule has 1 N–H and O–H groups in total. The van der Waals surface area contributed by atoms with Crippen LogP contribution in [0, 0.1) is 0 Å². The second-order valence-corrected chi connectivity index (χ2v) is 11.9. The first-order chi connectivity index (χ1) is 24.1. The topological polar surface area (TPSA) is 76.0 Å². The molecule has 0 saturated carbocycles. The van der Waals surface area contributed by atoms with Crippen molar-refractivity contribution in [1.82, 2.24) is 25.3 Å². The molecule has 5 aromatic rings. The van der Waals surface area contributed by atoms with E-state index in [1.54, 1.807) is 24.8 Å². The first-order valence-corrected chi connectivity index (χ1v) is 16.6. The molecule has 0 bridgehead atoms. The summed E-state index contributed by atoms with van der Waals surface area (Å²) in [7, 11) is 0. The molecule has 6 nitrogen and oxygen atoms in total. The highest BCUT2D eigenvalue weighted by Crippen LogP contribution is 2.28. The van der Waals surface area contributed by atoms with E-state index < -0.39 is 0 Å². The summed E-state index contributed by atoms with van der Waals surface area (Å²) in [6.07, 6.45) is 20.5. The van der Waals surface area contributed by atoms with Gasteiger partial charge in [0.2, 0.25) is 0 Å². The van der Waals surface area contributed by atoms with Crippen LogP contribution in [-0.2, 0) is 0 Å². The number of nitrogens with one attached hydrogen (secondary N) is 1. The molecule has 0 spiro atoms. The zero-order chi connectivity index (χ0) is 33.8. The molecular formula is C43H40N6. The van der Waals surface area contributed by atoms with Crippen LogP contribution in [-0.4, -0.2) is 31.8 Å². The molecule has 6 rings (SSSR count). The van der Waals surface area contributed by atoms with Crippen molar-refractivity contribution in [2.75, 3.05) is 0 Å². The lowest BCUT2D eigenvalue weighted by Gasteiger charge is -2.26. The normalized spacial score (nSPS) is 15.0. The minimum absolute atomic E-state index is 0.380. The molecular weight excluding hydrogens is 601 g/mol. The number of unbranched alkanes of at least 4 members (excludes halogenated alkanes) is 1. The molecule has 3 heterocycles. The van der Waals surface area contributed by atoms with E-state index >= 15 is 0 Å². The van der Waals surface area contributed by atoms with E-state index in [-0.39, 0.29) is 6.17 Å². The summed E-state index contributed by atoms with van der Waals surface area (Å²) < 4.78 is 0. The molecule has 6 heteroatoms. The fourth-order valence-electron chi connectivity index (χ4n) is 5.71. The lowest BCUT2D eigenvalue weighted by molar-refractivity contribution is 0.718. The minimum Gasteiger partial charge on any atom is -0.360 e. The van der Waals surface area contributed by atoms with Crippen LogP contribution in [0.2, 0.25) is 0 Å². The summed E-state index contributed by atoms with van der Waals surface area (Å²) in [4.78, 5) is 23.3. The van der Waals surface area contributed by atoms with Gasteiger partial charge in [0.05, 0.1) is 5.71 Å². The van der Waals surface area contributed by atoms with Gasteiger partial charge < -0.3 is 5.32 Å². The van der Waals surface area contributed by atoms with E-state index in [1.165, 1.54) is 0 Å². The molecule has 242 valence electrons. The molecule has 49 heavy (non-hydrogen) atoms. The predicted octanol–water partition coefficient (Wildman–Crippen LogP) is 9.69.